The molecule has 1 heterocycles. The van der Waals surface area contributed by atoms with Crippen molar-refractivity contribution in [1.82, 2.24) is 9.55 Å². The molecular formula is C26H25F5N2O4. The van der Waals surface area contributed by atoms with E-state index in [0.717, 1.165) is 11.5 Å². The molecule has 0 fully saturated rings. The number of hydrogen-bond acceptors (Lipinski definition) is 4. The number of carboxylic acid groups (broad SMARTS) is 1. The van der Waals surface area contributed by atoms with Gasteiger partial charge in [0.1, 0.15) is 17.1 Å². The lowest BCUT2D eigenvalue weighted by molar-refractivity contribution is -0.290. The van der Waals surface area contributed by atoms with Crippen LogP contribution in [0.2, 0.25) is 0 Å². The molecule has 0 aliphatic carbocycles. The van der Waals surface area contributed by atoms with Gasteiger partial charge in [-0.15, -0.1) is 0 Å². The van der Waals surface area contributed by atoms with Crippen LogP contribution in [0.3, 0.4) is 0 Å². The monoisotopic (exact) mass is 524 g/mol. The summed E-state index contributed by atoms with van der Waals surface area (Å²) >= 11 is 0. The number of carbonyl (C=O) groups is 1. The fourth-order valence-electron chi connectivity index (χ4n) is 3.79. The number of alkyl halides is 5. The third-order valence-corrected chi connectivity index (χ3v) is 5.70. The number of nitrogens with zero attached hydrogens (tertiary/aromatic N) is 2. The van der Waals surface area contributed by atoms with E-state index in [4.69, 9.17) is 4.74 Å². The van der Waals surface area contributed by atoms with Gasteiger partial charge in [0.15, 0.2) is 0 Å². The third kappa shape index (κ3) is 6.15. The van der Waals surface area contributed by atoms with Gasteiger partial charge in [-0.3, -0.25) is 9.36 Å². The average molecular weight is 524 g/mol. The van der Waals surface area contributed by atoms with Crippen LogP contribution in [0.15, 0.2) is 59.4 Å². The maximum atomic E-state index is 14.2. The van der Waals surface area contributed by atoms with E-state index in [1.807, 2.05) is 6.92 Å². The largest absolute Gasteiger partial charge is 0.478 e. The lowest BCUT2D eigenvalue weighted by Crippen LogP contribution is -2.42. The first-order valence-electron chi connectivity index (χ1n) is 11.5. The van der Waals surface area contributed by atoms with E-state index in [1.54, 1.807) is 30.3 Å². The summed E-state index contributed by atoms with van der Waals surface area (Å²) in [6.45, 7) is 2.52. The van der Waals surface area contributed by atoms with E-state index in [-0.39, 0.29) is 24.5 Å². The molecule has 1 unspecified atom stereocenters. The number of unbranched alkanes of at least 4 members (excludes halogenated alkanes) is 1. The van der Waals surface area contributed by atoms with Crippen molar-refractivity contribution in [3.63, 3.8) is 0 Å². The van der Waals surface area contributed by atoms with Gasteiger partial charge < -0.3 is 9.84 Å². The van der Waals surface area contributed by atoms with Gasteiger partial charge in [0.2, 0.25) is 6.10 Å². The summed E-state index contributed by atoms with van der Waals surface area (Å²) in [5, 5.41) is 9.53. The summed E-state index contributed by atoms with van der Waals surface area (Å²) in [5.74, 6) is -6.30. The predicted molar refractivity (Wildman–Crippen MR) is 125 cm³/mol. The second kappa shape index (κ2) is 11.1. The predicted octanol–water partition coefficient (Wildman–Crippen LogP) is 5.80. The van der Waals surface area contributed by atoms with Crippen LogP contribution < -0.4 is 10.3 Å². The maximum Gasteiger partial charge on any atom is 0.458 e. The molecule has 11 heteroatoms. The highest BCUT2D eigenvalue weighted by molar-refractivity contribution is 5.74. The van der Waals surface area contributed by atoms with E-state index in [1.165, 1.54) is 24.3 Å². The molecule has 0 aliphatic rings. The molecule has 1 atom stereocenters. The van der Waals surface area contributed by atoms with Gasteiger partial charge in [-0.05, 0) is 31.0 Å². The van der Waals surface area contributed by atoms with Crippen LogP contribution in [-0.4, -0.2) is 26.8 Å². The number of benzene rings is 2. The molecule has 0 saturated heterocycles. The lowest BCUT2D eigenvalue weighted by Gasteiger charge is -2.23. The van der Waals surface area contributed by atoms with E-state index < -0.39 is 41.0 Å². The number of ether oxygens (including phenoxy) is 1. The van der Waals surface area contributed by atoms with Crippen LogP contribution in [0, 0.1) is 6.92 Å². The minimum absolute atomic E-state index is 0.0985. The fraction of sp³-hybridized carbons (Fsp3) is 0.346. The van der Waals surface area contributed by atoms with Crippen LogP contribution in [0.5, 0.6) is 5.75 Å². The topological polar surface area (TPSA) is 81.4 Å². The maximum absolute atomic E-state index is 14.2. The van der Waals surface area contributed by atoms with E-state index in [0.29, 0.717) is 24.0 Å². The minimum Gasteiger partial charge on any atom is -0.478 e. The van der Waals surface area contributed by atoms with Gasteiger partial charge in [0.05, 0.1) is 12.2 Å². The SMILES string of the molecule is CCCCc1nc(C)c(C(F)(F)C(F)(F)F)c(=O)n1Cc1ccc(OC(C(=O)O)c2ccccc2)cc1. The zero-order valence-corrected chi connectivity index (χ0v) is 20.1. The molecule has 0 aliphatic heterocycles. The summed E-state index contributed by atoms with van der Waals surface area (Å²) in [7, 11) is 0. The number of aliphatic carboxylic acids is 1. The van der Waals surface area contributed by atoms with Gasteiger partial charge in [-0.25, -0.2) is 9.78 Å². The molecule has 6 nitrogen and oxygen atoms in total. The second-order valence-corrected chi connectivity index (χ2v) is 8.45. The van der Waals surface area contributed by atoms with Crippen molar-refractivity contribution >= 4 is 5.97 Å². The Morgan fingerprint density at radius 2 is 1.68 bits per heavy atom. The first-order chi connectivity index (χ1) is 17.4. The van der Waals surface area contributed by atoms with E-state index in [2.05, 4.69) is 4.98 Å². The van der Waals surface area contributed by atoms with Crippen molar-refractivity contribution in [2.75, 3.05) is 0 Å². The zero-order chi connectivity index (χ0) is 27.4. The molecule has 0 saturated carbocycles. The molecule has 198 valence electrons. The lowest BCUT2D eigenvalue weighted by atomic mass is 10.1. The Labute approximate surface area is 209 Å². The molecule has 3 aromatic rings. The highest BCUT2D eigenvalue weighted by Gasteiger charge is 2.61. The molecule has 0 spiro atoms. The Balaban J connectivity index is 1.96. The molecule has 1 N–H and O–H groups in total. The molecule has 3 rings (SSSR count). The van der Waals surface area contributed by atoms with Crippen LogP contribution in [0.25, 0.3) is 0 Å². The van der Waals surface area contributed by atoms with Crippen LogP contribution in [0.4, 0.5) is 22.0 Å². The number of hydrogen-bond donors (Lipinski definition) is 1. The third-order valence-electron chi connectivity index (χ3n) is 5.70. The normalized spacial score (nSPS) is 12.8. The standard InChI is InChI=1S/C26H25F5N2O4/c1-3-4-10-20-32-16(2)21(25(27,28)26(29,30)31)23(34)33(20)15-17-11-13-19(14-12-17)37-22(24(35)36)18-8-6-5-7-9-18/h5-9,11-14,22H,3-4,10,15H2,1-2H3,(H,35,36). The summed E-state index contributed by atoms with van der Waals surface area (Å²) in [6, 6.07) is 14.0. The Kier molecular flexibility index (Phi) is 8.35. The Morgan fingerprint density at radius 1 is 1.05 bits per heavy atom. The quantitative estimate of drug-likeness (QED) is 0.339. The van der Waals surface area contributed by atoms with Gasteiger partial charge in [0.25, 0.3) is 5.56 Å². The van der Waals surface area contributed by atoms with Crippen LogP contribution in [0.1, 0.15) is 54.1 Å². The first-order valence-corrected chi connectivity index (χ1v) is 11.5. The fourth-order valence-corrected chi connectivity index (χ4v) is 3.79. The van der Waals surface area contributed by atoms with Gasteiger partial charge >= 0.3 is 18.1 Å². The van der Waals surface area contributed by atoms with E-state index >= 15 is 0 Å². The highest BCUT2D eigenvalue weighted by atomic mass is 19.4. The van der Waals surface area contributed by atoms with Gasteiger partial charge in [0, 0.05) is 12.0 Å². The Morgan fingerprint density at radius 3 is 2.22 bits per heavy atom. The van der Waals surface area contributed by atoms with Crippen molar-refractivity contribution < 1.29 is 36.6 Å². The molecule has 37 heavy (non-hydrogen) atoms. The van der Waals surface area contributed by atoms with Crippen molar-refractivity contribution in [2.45, 2.75) is 57.9 Å². The van der Waals surface area contributed by atoms with Crippen LogP contribution in [-0.2, 0) is 23.7 Å². The van der Waals surface area contributed by atoms with Gasteiger partial charge in [-0.2, -0.15) is 22.0 Å². The highest BCUT2D eigenvalue weighted by Crippen LogP contribution is 2.43. The number of rotatable bonds is 10. The first kappa shape index (κ1) is 27.8. The van der Waals surface area contributed by atoms with E-state index in [9.17, 15) is 36.6 Å². The minimum atomic E-state index is -5.96. The second-order valence-electron chi connectivity index (χ2n) is 8.45. The zero-order valence-electron chi connectivity index (χ0n) is 20.1. The molecule has 0 bridgehead atoms. The van der Waals surface area contributed by atoms with Crippen molar-refractivity contribution in [3.05, 3.63) is 93.2 Å². The van der Waals surface area contributed by atoms with Crippen molar-refractivity contribution in [3.8, 4) is 5.75 Å². The molecule has 1 aromatic heterocycles. The molecule has 2 aromatic carbocycles. The summed E-state index contributed by atoms with van der Waals surface area (Å²) < 4.78 is 74.1. The number of halogens is 5. The number of aryl methyl sites for hydroxylation is 2. The number of carboxylic acids is 1. The average Bonchev–Trinajstić information content (AvgIpc) is 2.83. The summed E-state index contributed by atoms with van der Waals surface area (Å²) in [6.07, 6.45) is -5.80. The smallest absolute Gasteiger partial charge is 0.458 e. The van der Waals surface area contributed by atoms with Crippen LogP contribution >= 0.6 is 0 Å². The summed E-state index contributed by atoms with van der Waals surface area (Å²) in [5.41, 5.74) is -3.02. The number of aromatic nitrogens is 2. The van der Waals surface area contributed by atoms with Crippen molar-refractivity contribution in [1.29, 1.82) is 0 Å². The van der Waals surface area contributed by atoms with Crippen molar-refractivity contribution in [2.24, 2.45) is 0 Å². The molecular weight excluding hydrogens is 499 g/mol. The Hall–Kier alpha value is -3.76. The summed E-state index contributed by atoms with van der Waals surface area (Å²) in [4.78, 5) is 28.6. The Bertz CT molecular complexity index is 1290. The molecule has 0 amide bonds. The van der Waals surface area contributed by atoms with Gasteiger partial charge in [-0.1, -0.05) is 55.8 Å². The molecule has 0 radical (unpaired) electrons.